The number of anilines is 1. The van der Waals surface area contributed by atoms with Crippen molar-refractivity contribution in [1.82, 2.24) is 0 Å². The van der Waals surface area contributed by atoms with Gasteiger partial charge < -0.3 is 10.4 Å². The summed E-state index contributed by atoms with van der Waals surface area (Å²) in [5.41, 5.74) is 2.38. The topological polar surface area (TPSA) is 32.3 Å². The average molecular weight is 287 g/mol. The standard InChI is InChI=1S/C17H21NOS/c1-3-15(13-9-11-14(19)12-10-13)18-16-7-5-6-8-17(16)20-4-2/h5-12,15,18-19H,3-4H2,1-2H3. The maximum atomic E-state index is 9.39. The largest absolute Gasteiger partial charge is 0.508 e. The lowest BCUT2D eigenvalue weighted by atomic mass is 10.0. The molecule has 0 spiro atoms. The van der Waals surface area contributed by atoms with E-state index in [0.717, 1.165) is 12.2 Å². The molecular weight excluding hydrogens is 266 g/mol. The van der Waals surface area contributed by atoms with Crippen LogP contribution < -0.4 is 5.32 Å². The van der Waals surface area contributed by atoms with Gasteiger partial charge in [0.1, 0.15) is 5.75 Å². The number of aromatic hydroxyl groups is 1. The fraction of sp³-hybridized carbons (Fsp3) is 0.294. The minimum absolute atomic E-state index is 0.259. The van der Waals surface area contributed by atoms with E-state index in [2.05, 4.69) is 43.4 Å². The summed E-state index contributed by atoms with van der Waals surface area (Å²) in [5.74, 6) is 1.37. The molecule has 3 heteroatoms. The quantitative estimate of drug-likeness (QED) is 0.728. The van der Waals surface area contributed by atoms with Crippen LogP contribution in [0.1, 0.15) is 31.9 Å². The lowest BCUT2D eigenvalue weighted by molar-refractivity contribution is 0.475. The van der Waals surface area contributed by atoms with E-state index in [1.54, 1.807) is 12.1 Å². The van der Waals surface area contributed by atoms with Gasteiger partial charge in [-0.25, -0.2) is 0 Å². The molecule has 0 amide bonds. The number of phenolic OH excluding ortho intramolecular Hbond substituents is 1. The Morgan fingerprint density at radius 1 is 1.05 bits per heavy atom. The Morgan fingerprint density at radius 3 is 2.40 bits per heavy atom. The van der Waals surface area contributed by atoms with Gasteiger partial charge in [0.2, 0.25) is 0 Å². The Bertz CT molecular complexity index is 539. The van der Waals surface area contributed by atoms with Gasteiger partial charge >= 0.3 is 0 Å². The Kier molecular flexibility index (Phi) is 5.36. The average Bonchev–Trinajstić information content (AvgIpc) is 2.48. The van der Waals surface area contributed by atoms with Crippen molar-refractivity contribution in [2.45, 2.75) is 31.2 Å². The lowest BCUT2D eigenvalue weighted by Crippen LogP contribution is -2.10. The van der Waals surface area contributed by atoms with Crippen molar-refractivity contribution in [2.75, 3.05) is 11.1 Å². The zero-order chi connectivity index (χ0) is 14.4. The third-order valence-corrected chi connectivity index (χ3v) is 4.18. The number of nitrogens with one attached hydrogen (secondary N) is 1. The van der Waals surface area contributed by atoms with E-state index >= 15 is 0 Å². The van der Waals surface area contributed by atoms with Gasteiger partial charge in [-0.2, -0.15) is 0 Å². The second kappa shape index (κ2) is 7.25. The molecule has 0 saturated carbocycles. The number of para-hydroxylation sites is 1. The number of benzene rings is 2. The second-order valence-corrected chi connectivity index (χ2v) is 5.93. The maximum Gasteiger partial charge on any atom is 0.115 e. The predicted molar refractivity (Wildman–Crippen MR) is 87.6 cm³/mol. The fourth-order valence-electron chi connectivity index (χ4n) is 2.18. The van der Waals surface area contributed by atoms with Gasteiger partial charge in [0.05, 0.1) is 6.04 Å². The van der Waals surface area contributed by atoms with Crippen LogP contribution in [0.15, 0.2) is 53.4 Å². The van der Waals surface area contributed by atoms with Gasteiger partial charge in [-0.05, 0) is 42.0 Å². The zero-order valence-electron chi connectivity index (χ0n) is 12.0. The van der Waals surface area contributed by atoms with Crippen molar-refractivity contribution < 1.29 is 5.11 Å². The highest BCUT2D eigenvalue weighted by molar-refractivity contribution is 7.99. The normalized spacial score (nSPS) is 12.1. The van der Waals surface area contributed by atoms with Crippen LogP contribution in [0.25, 0.3) is 0 Å². The summed E-state index contributed by atoms with van der Waals surface area (Å²) < 4.78 is 0. The zero-order valence-corrected chi connectivity index (χ0v) is 12.8. The number of phenols is 1. The van der Waals surface area contributed by atoms with E-state index in [0.29, 0.717) is 5.75 Å². The monoisotopic (exact) mass is 287 g/mol. The van der Waals surface area contributed by atoms with Crippen molar-refractivity contribution in [1.29, 1.82) is 0 Å². The van der Waals surface area contributed by atoms with Crippen molar-refractivity contribution in [3.8, 4) is 5.75 Å². The van der Waals surface area contributed by atoms with E-state index in [-0.39, 0.29) is 6.04 Å². The molecule has 106 valence electrons. The highest BCUT2D eigenvalue weighted by Crippen LogP contribution is 2.31. The Balaban J connectivity index is 2.20. The first kappa shape index (κ1) is 14.8. The van der Waals surface area contributed by atoms with Gasteiger partial charge in [-0.1, -0.05) is 38.1 Å². The van der Waals surface area contributed by atoms with Crippen molar-refractivity contribution in [2.24, 2.45) is 0 Å². The van der Waals surface area contributed by atoms with E-state index < -0.39 is 0 Å². The van der Waals surface area contributed by atoms with E-state index in [9.17, 15) is 5.11 Å². The molecule has 2 aromatic carbocycles. The van der Waals surface area contributed by atoms with Crippen LogP contribution in [-0.2, 0) is 0 Å². The van der Waals surface area contributed by atoms with E-state index in [4.69, 9.17) is 0 Å². The van der Waals surface area contributed by atoms with Crippen LogP contribution in [0.2, 0.25) is 0 Å². The minimum Gasteiger partial charge on any atom is -0.508 e. The second-order valence-electron chi connectivity index (χ2n) is 4.63. The van der Waals surface area contributed by atoms with Crippen LogP contribution in [0.4, 0.5) is 5.69 Å². The summed E-state index contributed by atoms with van der Waals surface area (Å²) >= 11 is 1.85. The van der Waals surface area contributed by atoms with Crippen molar-refractivity contribution in [3.05, 3.63) is 54.1 Å². The number of hydrogen-bond donors (Lipinski definition) is 2. The van der Waals surface area contributed by atoms with Crippen LogP contribution in [-0.4, -0.2) is 10.9 Å². The molecule has 0 aliphatic carbocycles. The lowest BCUT2D eigenvalue weighted by Gasteiger charge is -2.20. The molecule has 2 N–H and O–H groups in total. The molecule has 20 heavy (non-hydrogen) atoms. The molecule has 0 heterocycles. The summed E-state index contributed by atoms with van der Waals surface area (Å²) in [5, 5.41) is 13.0. The first-order valence-corrected chi connectivity index (χ1v) is 8.00. The molecule has 0 bridgehead atoms. The first-order valence-electron chi connectivity index (χ1n) is 7.01. The highest BCUT2D eigenvalue weighted by atomic mass is 32.2. The number of thioether (sulfide) groups is 1. The number of rotatable bonds is 6. The summed E-state index contributed by atoms with van der Waals surface area (Å²) in [7, 11) is 0. The van der Waals surface area contributed by atoms with Gasteiger partial charge in [-0.3, -0.25) is 0 Å². The van der Waals surface area contributed by atoms with Crippen LogP contribution in [0.3, 0.4) is 0 Å². The highest BCUT2D eigenvalue weighted by Gasteiger charge is 2.11. The van der Waals surface area contributed by atoms with E-state index in [1.807, 2.05) is 23.9 Å². The predicted octanol–water partition coefficient (Wildman–Crippen LogP) is 5.07. The molecule has 0 aliphatic rings. The molecular formula is C17H21NOS. The number of hydrogen-bond acceptors (Lipinski definition) is 3. The summed E-state index contributed by atoms with van der Waals surface area (Å²) in [4.78, 5) is 1.28. The van der Waals surface area contributed by atoms with E-state index in [1.165, 1.54) is 16.1 Å². The molecule has 0 aliphatic heterocycles. The third-order valence-electron chi connectivity index (χ3n) is 3.22. The van der Waals surface area contributed by atoms with Gasteiger partial charge in [0.15, 0.2) is 0 Å². The first-order chi connectivity index (χ1) is 9.74. The summed E-state index contributed by atoms with van der Waals surface area (Å²) in [6.45, 7) is 4.33. The van der Waals surface area contributed by atoms with Crippen LogP contribution >= 0.6 is 11.8 Å². The summed E-state index contributed by atoms with van der Waals surface area (Å²) in [6, 6.07) is 16.1. The van der Waals surface area contributed by atoms with Gasteiger partial charge in [0, 0.05) is 10.6 Å². The molecule has 0 radical (unpaired) electrons. The maximum absolute atomic E-state index is 9.39. The molecule has 1 unspecified atom stereocenters. The molecule has 0 fully saturated rings. The SMILES string of the molecule is CCSc1ccccc1NC(CC)c1ccc(O)cc1. The molecule has 0 saturated heterocycles. The molecule has 1 atom stereocenters. The third kappa shape index (κ3) is 3.70. The van der Waals surface area contributed by atoms with Crippen molar-refractivity contribution in [3.63, 3.8) is 0 Å². The Labute approximate surface area is 125 Å². The molecule has 2 aromatic rings. The molecule has 0 aromatic heterocycles. The fourth-order valence-corrected chi connectivity index (χ4v) is 2.95. The van der Waals surface area contributed by atoms with Crippen LogP contribution in [0.5, 0.6) is 5.75 Å². The smallest absolute Gasteiger partial charge is 0.115 e. The Hall–Kier alpha value is -1.61. The van der Waals surface area contributed by atoms with Crippen molar-refractivity contribution >= 4 is 17.4 Å². The van der Waals surface area contributed by atoms with Gasteiger partial charge in [-0.15, -0.1) is 11.8 Å². The minimum atomic E-state index is 0.259. The van der Waals surface area contributed by atoms with Gasteiger partial charge in [0.25, 0.3) is 0 Å². The van der Waals surface area contributed by atoms with Crippen LogP contribution in [0, 0.1) is 0 Å². The summed E-state index contributed by atoms with van der Waals surface area (Å²) in [6.07, 6.45) is 0.996. The molecule has 2 rings (SSSR count). The molecule has 2 nitrogen and oxygen atoms in total. The Morgan fingerprint density at radius 2 is 1.75 bits per heavy atom.